The van der Waals surface area contributed by atoms with E-state index in [-0.39, 0.29) is 11.4 Å². The van der Waals surface area contributed by atoms with Crippen LogP contribution in [0.4, 0.5) is 0 Å². The van der Waals surface area contributed by atoms with E-state index in [4.69, 9.17) is 9.47 Å². The number of rotatable bonds is 3. The number of hydrogen-bond donors (Lipinski definition) is 0. The summed E-state index contributed by atoms with van der Waals surface area (Å²) in [7, 11) is 0. The summed E-state index contributed by atoms with van der Waals surface area (Å²) >= 11 is 0. The van der Waals surface area contributed by atoms with Crippen molar-refractivity contribution < 1.29 is 14.3 Å². The van der Waals surface area contributed by atoms with Gasteiger partial charge in [-0.05, 0) is 73.2 Å². The lowest BCUT2D eigenvalue weighted by molar-refractivity contribution is -0.183. The molecule has 0 N–H and O–H groups in total. The lowest BCUT2D eigenvalue weighted by Crippen LogP contribution is -2.56. The second-order valence-electron chi connectivity index (χ2n) is 10.4. The summed E-state index contributed by atoms with van der Waals surface area (Å²) in [5.74, 6) is 2.82. The Hall–Kier alpha value is -1.35. The first kappa shape index (κ1) is 18.7. The molecule has 0 radical (unpaired) electrons. The predicted molar refractivity (Wildman–Crippen MR) is 108 cm³/mol. The molecule has 0 spiro atoms. The third-order valence-electron chi connectivity index (χ3n) is 9.23. The van der Waals surface area contributed by atoms with Crippen LogP contribution in [-0.4, -0.2) is 18.7 Å². The summed E-state index contributed by atoms with van der Waals surface area (Å²) in [6, 6.07) is 10.6. The van der Waals surface area contributed by atoms with Gasteiger partial charge in [0, 0.05) is 11.8 Å². The molecule has 0 bridgehead atoms. The molecule has 0 amide bonds. The molecule has 152 valence electrons. The molecule has 1 aromatic rings. The van der Waals surface area contributed by atoms with Gasteiger partial charge < -0.3 is 9.47 Å². The van der Waals surface area contributed by atoms with Crippen LogP contribution in [0.5, 0.6) is 0 Å². The highest BCUT2D eigenvalue weighted by Crippen LogP contribution is 2.65. The van der Waals surface area contributed by atoms with Crippen molar-refractivity contribution in [3.63, 3.8) is 0 Å². The fourth-order valence-corrected chi connectivity index (χ4v) is 7.59. The van der Waals surface area contributed by atoms with Crippen LogP contribution in [0.3, 0.4) is 0 Å². The normalized spacial score (nSPS) is 44.9. The van der Waals surface area contributed by atoms with E-state index in [1.807, 2.05) is 0 Å². The monoisotopic (exact) mass is 382 g/mol. The molecule has 3 saturated carbocycles. The zero-order chi connectivity index (χ0) is 19.4. The van der Waals surface area contributed by atoms with Crippen LogP contribution >= 0.6 is 0 Å². The average Bonchev–Trinajstić information content (AvgIpc) is 3.04. The third kappa shape index (κ3) is 2.84. The zero-order valence-electron chi connectivity index (χ0n) is 17.4. The minimum Gasteiger partial charge on any atom is -0.465 e. The van der Waals surface area contributed by atoms with Crippen molar-refractivity contribution in [3.8, 4) is 0 Å². The van der Waals surface area contributed by atoms with Crippen molar-refractivity contribution in [2.24, 2.45) is 34.5 Å². The quantitative estimate of drug-likeness (QED) is 0.659. The number of hydrogen-bond acceptors (Lipinski definition) is 3. The van der Waals surface area contributed by atoms with E-state index < -0.39 is 0 Å². The number of carbonyl (C=O) groups excluding carboxylic acids is 1. The summed E-state index contributed by atoms with van der Waals surface area (Å²) in [4.78, 5) is 11.8. The topological polar surface area (TPSA) is 35.5 Å². The second-order valence-corrected chi connectivity index (χ2v) is 10.4. The molecule has 1 heterocycles. The Morgan fingerprint density at radius 1 is 1.00 bits per heavy atom. The zero-order valence-corrected chi connectivity index (χ0v) is 17.4. The summed E-state index contributed by atoms with van der Waals surface area (Å²) in [5.41, 5.74) is 1.78. The molecule has 3 nitrogen and oxygen atoms in total. The second kappa shape index (κ2) is 6.86. The Labute approximate surface area is 169 Å². The highest BCUT2D eigenvalue weighted by Gasteiger charge is 2.61. The molecule has 4 aliphatic rings. The molecule has 1 aliphatic heterocycles. The van der Waals surface area contributed by atoms with Gasteiger partial charge in [0.1, 0.15) is 0 Å². The Balaban J connectivity index is 1.32. The standard InChI is InChI=1S/C25H34O3/c1-24-13-12-21-19(9-8-18-14-23(26)28-16-25(18,21)2)20(24)10-11-22(24)27-15-17-6-4-3-5-7-17/h3-7,18-22H,8-16H2,1-2H3. The molecular weight excluding hydrogens is 348 g/mol. The van der Waals surface area contributed by atoms with Gasteiger partial charge in [0.05, 0.1) is 19.3 Å². The van der Waals surface area contributed by atoms with Crippen LogP contribution in [-0.2, 0) is 20.9 Å². The minimum atomic E-state index is 0.0248. The van der Waals surface area contributed by atoms with Gasteiger partial charge >= 0.3 is 5.97 Å². The number of benzene rings is 1. The first-order valence-electron chi connectivity index (χ1n) is 11.3. The highest BCUT2D eigenvalue weighted by atomic mass is 16.5. The van der Waals surface area contributed by atoms with Crippen molar-refractivity contribution >= 4 is 5.97 Å². The maximum Gasteiger partial charge on any atom is 0.306 e. The molecule has 7 unspecified atom stereocenters. The molecule has 7 atom stereocenters. The van der Waals surface area contributed by atoms with Gasteiger partial charge in [-0.15, -0.1) is 0 Å². The molecule has 0 aromatic heterocycles. The number of cyclic esters (lactones) is 1. The Morgan fingerprint density at radius 2 is 1.79 bits per heavy atom. The van der Waals surface area contributed by atoms with Crippen LogP contribution in [0.15, 0.2) is 30.3 Å². The van der Waals surface area contributed by atoms with Crippen molar-refractivity contribution in [2.45, 2.75) is 71.5 Å². The molecule has 4 fully saturated rings. The SMILES string of the molecule is CC12COC(=O)CC1CCC1C2CCC2(C)C(OCc3ccccc3)CCC12. The third-order valence-corrected chi connectivity index (χ3v) is 9.23. The molecular formula is C25H34O3. The van der Waals surface area contributed by atoms with E-state index in [9.17, 15) is 4.79 Å². The van der Waals surface area contributed by atoms with Crippen LogP contribution in [0.25, 0.3) is 0 Å². The largest absolute Gasteiger partial charge is 0.465 e. The first-order chi connectivity index (χ1) is 13.5. The first-order valence-corrected chi connectivity index (χ1v) is 11.3. The van der Waals surface area contributed by atoms with Crippen molar-refractivity contribution in [2.75, 3.05) is 6.61 Å². The number of esters is 1. The Morgan fingerprint density at radius 3 is 2.61 bits per heavy atom. The number of ether oxygens (including phenoxy) is 2. The fourth-order valence-electron chi connectivity index (χ4n) is 7.59. The van der Waals surface area contributed by atoms with Gasteiger partial charge in [0.2, 0.25) is 0 Å². The molecule has 1 saturated heterocycles. The van der Waals surface area contributed by atoms with Crippen LogP contribution in [0.2, 0.25) is 0 Å². The summed E-state index contributed by atoms with van der Waals surface area (Å²) < 4.78 is 12.1. The van der Waals surface area contributed by atoms with Gasteiger partial charge in [-0.1, -0.05) is 44.2 Å². The van der Waals surface area contributed by atoms with Crippen molar-refractivity contribution in [1.29, 1.82) is 0 Å². The predicted octanol–water partition coefficient (Wildman–Crippen LogP) is 5.38. The molecule has 3 aliphatic carbocycles. The lowest BCUT2D eigenvalue weighted by Gasteiger charge is -2.59. The molecule has 1 aromatic carbocycles. The average molecular weight is 383 g/mol. The Kier molecular flexibility index (Phi) is 4.58. The van der Waals surface area contributed by atoms with Gasteiger partial charge in [-0.25, -0.2) is 0 Å². The van der Waals surface area contributed by atoms with Gasteiger partial charge in [0.15, 0.2) is 0 Å². The van der Waals surface area contributed by atoms with E-state index in [1.54, 1.807) is 0 Å². The maximum absolute atomic E-state index is 11.8. The Bertz CT molecular complexity index is 731. The van der Waals surface area contributed by atoms with E-state index in [2.05, 4.69) is 44.2 Å². The molecule has 28 heavy (non-hydrogen) atoms. The highest BCUT2D eigenvalue weighted by molar-refractivity contribution is 5.70. The summed E-state index contributed by atoms with van der Waals surface area (Å²) in [5, 5.41) is 0. The molecule has 3 heteroatoms. The van der Waals surface area contributed by atoms with Crippen LogP contribution in [0.1, 0.15) is 64.4 Å². The minimum absolute atomic E-state index is 0.0248. The molecule has 5 rings (SSSR count). The van der Waals surface area contributed by atoms with E-state index in [0.717, 1.165) is 18.4 Å². The lowest BCUT2D eigenvalue weighted by atomic mass is 9.47. The van der Waals surface area contributed by atoms with E-state index in [1.165, 1.54) is 44.1 Å². The van der Waals surface area contributed by atoms with Crippen LogP contribution < -0.4 is 0 Å². The summed E-state index contributed by atoms with van der Waals surface area (Å²) in [6.07, 6.45) is 8.56. The van der Waals surface area contributed by atoms with Crippen molar-refractivity contribution in [3.05, 3.63) is 35.9 Å². The fraction of sp³-hybridized carbons (Fsp3) is 0.720. The van der Waals surface area contributed by atoms with Crippen LogP contribution in [0, 0.1) is 34.5 Å². The van der Waals surface area contributed by atoms with Gasteiger partial charge in [-0.3, -0.25) is 4.79 Å². The van der Waals surface area contributed by atoms with E-state index in [0.29, 0.717) is 36.4 Å². The van der Waals surface area contributed by atoms with Crippen molar-refractivity contribution in [1.82, 2.24) is 0 Å². The smallest absolute Gasteiger partial charge is 0.306 e. The summed E-state index contributed by atoms with van der Waals surface area (Å²) in [6.45, 7) is 6.31. The van der Waals surface area contributed by atoms with Gasteiger partial charge in [-0.2, -0.15) is 0 Å². The van der Waals surface area contributed by atoms with E-state index >= 15 is 0 Å². The maximum atomic E-state index is 11.8. The van der Waals surface area contributed by atoms with Gasteiger partial charge in [0.25, 0.3) is 0 Å². The number of fused-ring (bicyclic) bond motifs is 5. The number of carbonyl (C=O) groups is 1.